The molecule has 0 aliphatic heterocycles. The highest BCUT2D eigenvalue weighted by atomic mass is 35.6. The van der Waals surface area contributed by atoms with Crippen molar-refractivity contribution in [2.45, 2.75) is 78.5 Å². The quantitative estimate of drug-likeness (QED) is 0.325. The lowest BCUT2D eigenvalue weighted by molar-refractivity contribution is 0.0225. The maximum absolute atomic E-state index is 7.36. The van der Waals surface area contributed by atoms with Gasteiger partial charge in [0.2, 0.25) is 0 Å². The van der Waals surface area contributed by atoms with Gasteiger partial charge in [-0.3, -0.25) is 0 Å². The highest BCUT2D eigenvalue weighted by Crippen LogP contribution is 2.49. The Morgan fingerprint density at radius 1 is 0.968 bits per heavy atom. The van der Waals surface area contributed by atoms with Crippen molar-refractivity contribution in [3.63, 3.8) is 0 Å². The molecule has 3 rings (SSSR count). The van der Waals surface area contributed by atoms with Crippen LogP contribution < -0.4 is 0 Å². The van der Waals surface area contributed by atoms with Gasteiger partial charge in [0.25, 0.3) is 0 Å². The van der Waals surface area contributed by atoms with E-state index in [0.717, 1.165) is 0 Å². The molecule has 0 fully saturated rings. The fourth-order valence-electron chi connectivity index (χ4n) is 4.44. The molecule has 0 amide bonds. The number of rotatable bonds is 5. The lowest BCUT2D eigenvalue weighted by Gasteiger charge is -2.34. The second-order valence-corrected chi connectivity index (χ2v) is 17.6. The van der Waals surface area contributed by atoms with Crippen LogP contribution in [-0.2, 0) is 10.2 Å². The molecular formula is C28H39ClOSi. The zero-order chi connectivity index (χ0) is 23.2. The predicted molar refractivity (Wildman–Crippen MR) is 139 cm³/mol. The van der Waals surface area contributed by atoms with Crippen LogP contribution in [0.4, 0.5) is 0 Å². The molecule has 2 atom stereocenters. The van der Waals surface area contributed by atoms with E-state index in [4.69, 9.17) is 15.8 Å². The first-order chi connectivity index (χ1) is 14.2. The summed E-state index contributed by atoms with van der Waals surface area (Å²) >= 11 is 7.36. The number of allylic oxidation sites excluding steroid dienone is 1. The zero-order valence-electron chi connectivity index (χ0n) is 20.8. The Morgan fingerprint density at radius 2 is 1.58 bits per heavy atom. The average molecular weight is 455 g/mol. The molecule has 0 radical (unpaired) electrons. The van der Waals surface area contributed by atoms with Crippen LogP contribution in [0.2, 0.25) is 6.55 Å². The van der Waals surface area contributed by atoms with Crippen LogP contribution in [0.3, 0.4) is 0 Å². The summed E-state index contributed by atoms with van der Waals surface area (Å²) < 4.78 is 6.21. The average Bonchev–Trinajstić information content (AvgIpc) is 3.06. The van der Waals surface area contributed by atoms with E-state index in [1.54, 1.807) is 0 Å². The first-order valence-electron chi connectivity index (χ1n) is 11.5. The molecule has 168 valence electrons. The smallest absolute Gasteiger partial charge is 0.190 e. The van der Waals surface area contributed by atoms with Gasteiger partial charge in [-0.2, -0.15) is 11.1 Å². The van der Waals surface area contributed by atoms with Gasteiger partial charge in [0.05, 0.1) is 11.8 Å². The minimum Gasteiger partial charge on any atom is -0.378 e. The maximum Gasteiger partial charge on any atom is 0.190 e. The second kappa shape index (κ2) is 8.54. The lowest BCUT2D eigenvalue weighted by Crippen LogP contribution is -2.42. The van der Waals surface area contributed by atoms with Crippen LogP contribution in [0.15, 0.2) is 48.0 Å². The molecule has 2 unspecified atom stereocenters. The number of halogens is 1. The van der Waals surface area contributed by atoms with E-state index in [0.29, 0.717) is 12.1 Å². The Bertz CT molecular complexity index is 956. The van der Waals surface area contributed by atoms with E-state index in [1.807, 2.05) is 0 Å². The van der Waals surface area contributed by atoms with Gasteiger partial charge in [0, 0.05) is 5.54 Å². The number of hydrogen-bond acceptors (Lipinski definition) is 1. The molecule has 0 heterocycles. The molecule has 1 aliphatic carbocycles. The molecule has 0 saturated carbocycles. The molecule has 0 saturated heterocycles. The largest absolute Gasteiger partial charge is 0.378 e. The molecule has 0 bridgehead atoms. The van der Waals surface area contributed by atoms with Gasteiger partial charge in [-0.05, 0) is 59.9 Å². The topological polar surface area (TPSA) is 9.23 Å². The Hall–Kier alpha value is -1.35. The summed E-state index contributed by atoms with van der Waals surface area (Å²) in [7, 11) is -2.23. The fraction of sp³-hybridized carbons (Fsp3) is 0.500. The van der Waals surface area contributed by atoms with Gasteiger partial charge >= 0.3 is 0 Å². The summed E-state index contributed by atoms with van der Waals surface area (Å²) in [4.78, 5) is 0. The third-order valence-corrected chi connectivity index (χ3v) is 9.75. The van der Waals surface area contributed by atoms with Crippen molar-refractivity contribution in [1.29, 1.82) is 0 Å². The van der Waals surface area contributed by atoms with Crippen LogP contribution in [0, 0.1) is 5.92 Å². The number of hydrogen-bond donors (Lipinski definition) is 0. The van der Waals surface area contributed by atoms with Crippen molar-refractivity contribution < 1.29 is 4.74 Å². The molecule has 1 aliphatic rings. The number of benzene rings is 2. The van der Waals surface area contributed by atoms with E-state index < -0.39 is 7.38 Å². The zero-order valence-corrected chi connectivity index (χ0v) is 22.5. The minimum absolute atomic E-state index is 0.159. The van der Waals surface area contributed by atoms with Crippen LogP contribution in [0.25, 0.3) is 17.2 Å². The van der Waals surface area contributed by atoms with Crippen molar-refractivity contribution in [3.8, 4) is 11.1 Å². The van der Waals surface area contributed by atoms with Crippen LogP contribution in [-0.4, -0.2) is 19.2 Å². The summed E-state index contributed by atoms with van der Waals surface area (Å²) in [5.74, 6) is 0.453. The van der Waals surface area contributed by atoms with E-state index >= 15 is 0 Å². The highest BCUT2D eigenvalue weighted by Gasteiger charge is 2.44. The van der Waals surface area contributed by atoms with Crippen molar-refractivity contribution in [2.75, 3.05) is 6.23 Å². The van der Waals surface area contributed by atoms with Crippen LogP contribution in [0.5, 0.6) is 0 Å². The van der Waals surface area contributed by atoms with Crippen molar-refractivity contribution in [1.82, 2.24) is 0 Å². The minimum atomic E-state index is -2.23. The van der Waals surface area contributed by atoms with Crippen LogP contribution >= 0.6 is 11.1 Å². The summed E-state index contributed by atoms with van der Waals surface area (Å²) in [6.07, 6.45) is 3.07. The molecular weight excluding hydrogens is 416 g/mol. The Labute approximate surface area is 195 Å². The second-order valence-electron chi connectivity index (χ2n) is 11.5. The third kappa shape index (κ3) is 5.35. The summed E-state index contributed by atoms with van der Waals surface area (Å²) in [5.41, 5.74) is 8.37. The monoisotopic (exact) mass is 454 g/mol. The van der Waals surface area contributed by atoms with E-state index in [9.17, 15) is 0 Å². The lowest BCUT2D eigenvalue weighted by atomic mass is 9.86. The predicted octanol–water partition coefficient (Wildman–Crippen LogP) is 8.50. The molecule has 2 aromatic carbocycles. The van der Waals surface area contributed by atoms with Crippen LogP contribution in [0.1, 0.15) is 77.6 Å². The highest BCUT2D eigenvalue weighted by molar-refractivity contribution is 7.20. The summed E-state index contributed by atoms with van der Waals surface area (Å²) in [6.45, 7) is 19.9. The molecule has 1 nitrogen and oxygen atoms in total. The maximum atomic E-state index is 7.36. The normalized spacial score (nSPS) is 18.7. The first kappa shape index (κ1) is 24.3. The van der Waals surface area contributed by atoms with Crippen molar-refractivity contribution >= 4 is 24.5 Å². The Kier molecular flexibility index (Phi) is 6.69. The van der Waals surface area contributed by atoms with Gasteiger partial charge < -0.3 is 4.74 Å². The van der Waals surface area contributed by atoms with Gasteiger partial charge in [-0.1, -0.05) is 95.3 Å². The first-order valence-corrected chi connectivity index (χ1v) is 15.3. The van der Waals surface area contributed by atoms with Gasteiger partial charge in [-0.15, -0.1) is 0 Å². The fourth-order valence-corrected chi connectivity index (χ4v) is 8.23. The van der Waals surface area contributed by atoms with Gasteiger partial charge in [0.1, 0.15) is 0 Å². The molecule has 3 heteroatoms. The summed E-state index contributed by atoms with van der Waals surface area (Å²) in [6, 6.07) is 15.8. The molecule has 31 heavy (non-hydrogen) atoms. The number of ether oxygens (including phenoxy) is 1. The Morgan fingerprint density at radius 3 is 2.10 bits per heavy atom. The van der Waals surface area contributed by atoms with E-state index in [2.05, 4.69) is 110 Å². The van der Waals surface area contributed by atoms with Gasteiger partial charge in [-0.25, -0.2) is 0 Å². The van der Waals surface area contributed by atoms with Gasteiger partial charge in [0.15, 0.2) is 7.38 Å². The van der Waals surface area contributed by atoms with E-state index in [1.165, 1.54) is 33.4 Å². The molecule has 0 spiro atoms. The molecule has 0 aromatic heterocycles. The van der Waals surface area contributed by atoms with Crippen molar-refractivity contribution in [3.05, 3.63) is 64.7 Å². The third-order valence-electron chi connectivity index (χ3n) is 6.21. The number of fused-ring (bicyclic) bond motifs is 1. The standard InChI is InChI=1S/C28H39ClOSi/c1-19(2)24-17-25-22(20-13-15-21(16-14-20)27(3,4)5)11-10-12-23(25)26(24)31(9,29)18-30-28(6,7)8/h10-17,19,26H,18H2,1-9H3. The summed E-state index contributed by atoms with van der Waals surface area (Å²) in [5, 5.41) is 0. The SMILES string of the molecule is CC(C)C1=Cc2c(-c3ccc(C(C)(C)C)cc3)cccc2C1[Si](C)(Cl)COC(C)(C)C. The molecule has 0 N–H and O–H groups in total. The van der Waals surface area contributed by atoms with E-state index in [-0.39, 0.29) is 16.6 Å². The van der Waals surface area contributed by atoms with Crippen molar-refractivity contribution in [2.24, 2.45) is 5.92 Å². The molecule has 2 aromatic rings. The Balaban J connectivity index is 2.05.